The number of hydrogen-bond acceptors (Lipinski definition) is 15. The molecule has 566 valence electrons. The van der Waals surface area contributed by atoms with Crippen LogP contribution in [0.15, 0.2) is 24.3 Å². The van der Waals surface area contributed by atoms with Crippen molar-refractivity contribution in [2.24, 2.45) is 17.8 Å². The van der Waals surface area contributed by atoms with Crippen molar-refractivity contribution >= 4 is 39.5 Å². The maximum Gasteiger partial charge on any atom is 0.472 e. The summed E-state index contributed by atoms with van der Waals surface area (Å²) >= 11 is 0. The number of unbranched alkanes of at least 4 members (excludes halogenated alkanes) is 37. The number of rotatable bonds is 73. The number of esters is 4. The Morgan fingerprint density at radius 2 is 0.615 bits per heavy atom. The van der Waals surface area contributed by atoms with Crippen molar-refractivity contribution in [3.63, 3.8) is 0 Å². The summed E-state index contributed by atoms with van der Waals surface area (Å²) in [6.07, 6.45) is 56.3. The van der Waals surface area contributed by atoms with Gasteiger partial charge in [0.15, 0.2) is 12.2 Å². The minimum absolute atomic E-state index is 0.0839. The average Bonchev–Trinajstić information content (AvgIpc) is 1.25. The molecule has 0 rings (SSSR count). The van der Waals surface area contributed by atoms with Crippen LogP contribution in [0.4, 0.5) is 0 Å². The van der Waals surface area contributed by atoms with Crippen LogP contribution < -0.4 is 0 Å². The lowest BCUT2D eigenvalue weighted by Crippen LogP contribution is -2.30. The fourth-order valence-corrected chi connectivity index (χ4v) is 12.8. The summed E-state index contributed by atoms with van der Waals surface area (Å²) in [6, 6.07) is 0. The minimum atomic E-state index is -4.96. The monoisotopic (exact) mass is 1410 g/mol. The second-order valence-corrected chi connectivity index (χ2v) is 31.2. The quantitative estimate of drug-likeness (QED) is 0.0169. The topological polar surface area (TPSA) is 237 Å². The fourth-order valence-electron chi connectivity index (χ4n) is 11.2. The lowest BCUT2D eigenvalue weighted by Gasteiger charge is -2.21. The molecule has 96 heavy (non-hydrogen) atoms. The third-order valence-corrected chi connectivity index (χ3v) is 19.5. The number of aliphatic hydroxyl groups is 1. The molecule has 0 radical (unpaired) electrons. The van der Waals surface area contributed by atoms with Gasteiger partial charge in [-0.3, -0.25) is 37.3 Å². The standard InChI is InChI=1S/C77H146O17P2/c1-8-10-11-12-13-14-15-16-17-21-26-32-37-46-53-61-77(82)94-73(65-88-75(80)59-52-45-40-39-43-50-57-70(7)9-2)67-92-96(85,86)90-63-71(78)62-89-95(83,84)91-66-72(64-87-74(79)58-51-44-36-31-28-23-25-30-35-42-49-56-69(5)6)93-76(81)60-54-47-38-33-27-22-19-18-20-24-29-34-41-48-55-68(3)4/h14-17,68-73,78H,8-13,18-67H2,1-7H3,(H,83,84)(H,85,86)/b15-14-,17-16-/t70?,71-,72-,73-/m1/s1. The van der Waals surface area contributed by atoms with E-state index in [0.29, 0.717) is 25.7 Å². The number of phosphoric acid groups is 2. The molecule has 0 aromatic heterocycles. The van der Waals surface area contributed by atoms with Gasteiger partial charge in [0.2, 0.25) is 0 Å². The summed E-state index contributed by atoms with van der Waals surface area (Å²) in [4.78, 5) is 72.8. The smallest absolute Gasteiger partial charge is 0.462 e. The third kappa shape index (κ3) is 68.7. The van der Waals surface area contributed by atoms with Crippen LogP contribution in [-0.4, -0.2) is 96.7 Å². The molecule has 0 fully saturated rings. The Hall–Kier alpha value is -2.46. The van der Waals surface area contributed by atoms with E-state index in [1.165, 1.54) is 161 Å². The van der Waals surface area contributed by atoms with Crippen LogP contribution in [0.2, 0.25) is 0 Å². The van der Waals surface area contributed by atoms with Crippen molar-refractivity contribution in [3.8, 4) is 0 Å². The van der Waals surface area contributed by atoms with Gasteiger partial charge in [-0.2, -0.15) is 0 Å². The van der Waals surface area contributed by atoms with Gasteiger partial charge in [-0.05, 0) is 69.1 Å². The second kappa shape index (κ2) is 67.1. The summed E-state index contributed by atoms with van der Waals surface area (Å²) in [5.74, 6) is 0.143. The van der Waals surface area contributed by atoms with E-state index in [1.807, 2.05) is 0 Å². The number of carbonyl (C=O) groups excluding carboxylic acids is 4. The highest BCUT2D eigenvalue weighted by Crippen LogP contribution is 2.45. The van der Waals surface area contributed by atoms with Gasteiger partial charge in [-0.25, -0.2) is 9.13 Å². The Balaban J connectivity index is 5.29. The molecule has 3 unspecified atom stereocenters. The number of allylic oxidation sites excluding steroid dienone is 4. The molecule has 0 aliphatic rings. The van der Waals surface area contributed by atoms with Crippen molar-refractivity contribution in [3.05, 3.63) is 24.3 Å². The largest absolute Gasteiger partial charge is 0.472 e. The van der Waals surface area contributed by atoms with E-state index in [0.717, 1.165) is 127 Å². The zero-order chi connectivity index (χ0) is 70.9. The third-order valence-electron chi connectivity index (χ3n) is 17.6. The zero-order valence-corrected chi connectivity index (χ0v) is 64.1. The molecule has 0 saturated carbocycles. The summed E-state index contributed by atoms with van der Waals surface area (Å²) < 4.78 is 68.5. The Kier molecular flexibility index (Phi) is 65.3. The van der Waals surface area contributed by atoms with Crippen LogP contribution in [0.25, 0.3) is 0 Å². The van der Waals surface area contributed by atoms with Gasteiger partial charge in [-0.15, -0.1) is 0 Å². The van der Waals surface area contributed by atoms with Gasteiger partial charge in [0, 0.05) is 25.7 Å². The molecule has 0 spiro atoms. The van der Waals surface area contributed by atoms with E-state index in [2.05, 4.69) is 72.8 Å². The van der Waals surface area contributed by atoms with E-state index in [1.54, 1.807) is 0 Å². The van der Waals surface area contributed by atoms with Crippen molar-refractivity contribution < 1.29 is 80.2 Å². The minimum Gasteiger partial charge on any atom is -0.462 e. The fraction of sp³-hybridized carbons (Fsp3) is 0.896. The van der Waals surface area contributed by atoms with Crippen LogP contribution in [0.3, 0.4) is 0 Å². The highest BCUT2D eigenvalue weighted by molar-refractivity contribution is 7.47. The molecule has 0 aromatic carbocycles. The van der Waals surface area contributed by atoms with E-state index in [9.17, 15) is 43.2 Å². The summed E-state index contributed by atoms with van der Waals surface area (Å²) in [7, 11) is -9.93. The molecule has 0 aliphatic heterocycles. The molecule has 0 saturated heterocycles. The SMILES string of the molecule is CCCCCC/C=C\C=C/CCCCCCCC(=O)O[C@H](COC(=O)CCCCCCCCC(C)CC)COP(=O)(O)OC[C@H](O)COP(=O)(O)OC[C@@H](COC(=O)CCCCCCCCCCCCCC(C)C)OC(=O)CCCCCCCCCCCCCCCCC(C)C. The summed E-state index contributed by atoms with van der Waals surface area (Å²) in [5, 5.41) is 10.6. The summed E-state index contributed by atoms with van der Waals surface area (Å²) in [5.41, 5.74) is 0. The Bertz CT molecular complexity index is 1970. The second-order valence-electron chi connectivity index (χ2n) is 28.3. The molecule has 0 amide bonds. The number of phosphoric ester groups is 2. The van der Waals surface area contributed by atoms with Crippen LogP contribution in [0, 0.1) is 17.8 Å². The van der Waals surface area contributed by atoms with Gasteiger partial charge < -0.3 is 33.8 Å². The van der Waals surface area contributed by atoms with E-state index < -0.39 is 97.5 Å². The molecule has 17 nitrogen and oxygen atoms in total. The molecule has 0 heterocycles. The number of aliphatic hydroxyl groups excluding tert-OH is 1. The lowest BCUT2D eigenvalue weighted by molar-refractivity contribution is -0.161. The molecule has 19 heteroatoms. The molecular formula is C77H146O17P2. The van der Waals surface area contributed by atoms with Crippen LogP contribution >= 0.6 is 15.6 Å². The normalized spacial score (nSPS) is 14.5. The Morgan fingerprint density at radius 3 is 0.927 bits per heavy atom. The maximum atomic E-state index is 13.1. The Morgan fingerprint density at radius 1 is 0.344 bits per heavy atom. The predicted octanol–water partition coefficient (Wildman–Crippen LogP) is 22.1. The Labute approximate surface area is 586 Å². The highest BCUT2D eigenvalue weighted by Gasteiger charge is 2.30. The van der Waals surface area contributed by atoms with Crippen molar-refractivity contribution in [2.45, 2.75) is 388 Å². The molecule has 0 aromatic rings. The highest BCUT2D eigenvalue weighted by atomic mass is 31.2. The van der Waals surface area contributed by atoms with Crippen LogP contribution in [-0.2, 0) is 65.4 Å². The van der Waals surface area contributed by atoms with E-state index in [4.69, 9.17) is 37.0 Å². The first-order valence-corrected chi connectivity index (χ1v) is 42.2. The predicted molar refractivity (Wildman–Crippen MR) is 390 cm³/mol. The summed E-state index contributed by atoms with van der Waals surface area (Å²) in [6.45, 7) is 11.8. The number of carbonyl (C=O) groups is 4. The molecule has 6 atom stereocenters. The van der Waals surface area contributed by atoms with Gasteiger partial charge in [0.25, 0.3) is 0 Å². The van der Waals surface area contributed by atoms with Gasteiger partial charge in [0.05, 0.1) is 26.4 Å². The van der Waals surface area contributed by atoms with Crippen LogP contribution in [0.5, 0.6) is 0 Å². The zero-order valence-electron chi connectivity index (χ0n) is 62.3. The molecule has 3 N–H and O–H groups in total. The molecule has 0 aliphatic carbocycles. The lowest BCUT2D eigenvalue weighted by atomic mass is 10.00. The van der Waals surface area contributed by atoms with Gasteiger partial charge in [0.1, 0.15) is 19.3 Å². The molecular weight excluding hydrogens is 1260 g/mol. The van der Waals surface area contributed by atoms with Gasteiger partial charge >= 0.3 is 39.5 Å². The average molecular weight is 1410 g/mol. The first-order valence-electron chi connectivity index (χ1n) is 39.2. The van der Waals surface area contributed by atoms with E-state index >= 15 is 0 Å². The van der Waals surface area contributed by atoms with Crippen molar-refractivity contribution in [1.29, 1.82) is 0 Å². The maximum absolute atomic E-state index is 13.1. The first-order chi connectivity index (χ1) is 46.3. The van der Waals surface area contributed by atoms with Gasteiger partial charge in [-0.1, -0.05) is 317 Å². The van der Waals surface area contributed by atoms with E-state index in [-0.39, 0.29) is 25.7 Å². The van der Waals surface area contributed by atoms with Crippen LogP contribution in [0.1, 0.15) is 370 Å². The first kappa shape index (κ1) is 93.5. The number of hydrogen-bond donors (Lipinski definition) is 3. The van der Waals surface area contributed by atoms with Crippen molar-refractivity contribution in [1.82, 2.24) is 0 Å². The number of ether oxygens (including phenoxy) is 4. The van der Waals surface area contributed by atoms with Crippen molar-refractivity contribution in [2.75, 3.05) is 39.6 Å². The molecule has 0 bridgehead atoms.